The van der Waals surface area contributed by atoms with E-state index in [0.717, 1.165) is 50.5 Å². The topological polar surface area (TPSA) is 99.0 Å². The van der Waals surface area contributed by atoms with E-state index < -0.39 is 0 Å². The first-order valence-corrected chi connectivity index (χ1v) is 11.1. The summed E-state index contributed by atoms with van der Waals surface area (Å²) in [6.45, 7) is 7.84. The fraction of sp³-hybridized carbons (Fsp3) is 0. The molecule has 4 aromatic rings. The molecule has 0 aliphatic carbocycles. The Kier molecular flexibility index (Phi) is 5.19. The highest BCUT2D eigenvalue weighted by Gasteiger charge is 2.12. The van der Waals surface area contributed by atoms with E-state index in [1.165, 1.54) is 0 Å². The predicted octanol–water partition coefficient (Wildman–Crippen LogP) is 4.69. The van der Waals surface area contributed by atoms with Gasteiger partial charge >= 0.3 is 0 Å². The van der Waals surface area contributed by atoms with E-state index in [4.69, 9.17) is 0 Å². The maximum atomic E-state index is 4.59. The molecule has 6 heterocycles. The zero-order valence-corrected chi connectivity index (χ0v) is 19.1. The van der Waals surface area contributed by atoms with Gasteiger partial charge < -0.3 is 0 Å². The smallest absolute Gasteiger partial charge is 0.123 e. The van der Waals surface area contributed by atoms with E-state index in [1.807, 2.05) is 69.5 Å². The van der Waals surface area contributed by atoms with E-state index in [-0.39, 0.29) is 0 Å². The van der Waals surface area contributed by atoms with Crippen LogP contribution in [-0.4, -0.2) is 44.4 Å². The second-order valence-corrected chi connectivity index (χ2v) is 7.99. The number of rotatable bonds is 6. The third-order valence-electron chi connectivity index (χ3n) is 5.95. The summed E-state index contributed by atoms with van der Waals surface area (Å²) >= 11 is 0. The van der Waals surface area contributed by atoms with Crippen molar-refractivity contribution in [1.29, 1.82) is 0 Å². The average Bonchev–Trinajstić information content (AvgIpc) is 3.55. The van der Waals surface area contributed by atoms with Crippen LogP contribution in [0.4, 0.5) is 0 Å². The Morgan fingerprint density at radius 1 is 0.667 bits per heavy atom. The van der Waals surface area contributed by atoms with Gasteiger partial charge in [0.05, 0.1) is 52.4 Å². The highest BCUT2D eigenvalue weighted by atomic mass is 15.2. The van der Waals surface area contributed by atoms with E-state index in [9.17, 15) is 0 Å². The van der Waals surface area contributed by atoms with Crippen molar-refractivity contribution in [3.05, 3.63) is 103 Å². The molecule has 9 heteroatoms. The SMILES string of the molecule is C=Cc1cc2cnncn2c1/C=C/c1ccc2c(/C=C/c3c(C=C)cc4cnncn34)nnc-2cn1. The molecule has 0 N–H and O–H groups in total. The second-order valence-electron chi connectivity index (χ2n) is 7.99. The van der Waals surface area contributed by atoms with Gasteiger partial charge in [-0.1, -0.05) is 25.3 Å². The van der Waals surface area contributed by atoms with Crippen LogP contribution in [0.5, 0.6) is 0 Å². The zero-order valence-electron chi connectivity index (χ0n) is 19.1. The average molecular weight is 470 g/mol. The van der Waals surface area contributed by atoms with Crippen molar-refractivity contribution in [2.75, 3.05) is 0 Å². The van der Waals surface area contributed by atoms with Crippen molar-refractivity contribution in [3.8, 4) is 11.3 Å². The van der Waals surface area contributed by atoms with Gasteiger partial charge in [0, 0.05) is 16.7 Å². The number of hydrogen-bond acceptors (Lipinski definition) is 7. The quantitative estimate of drug-likeness (QED) is 0.349. The molecule has 9 nitrogen and oxygen atoms in total. The van der Waals surface area contributed by atoms with E-state index in [1.54, 1.807) is 31.2 Å². The fourth-order valence-electron chi connectivity index (χ4n) is 4.15. The Bertz CT molecular complexity index is 1790. The lowest BCUT2D eigenvalue weighted by atomic mass is 10.1. The first-order valence-electron chi connectivity index (χ1n) is 11.1. The summed E-state index contributed by atoms with van der Waals surface area (Å²) in [4.78, 5) is 4.59. The molecule has 36 heavy (non-hydrogen) atoms. The Morgan fingerprint density at radius 2 is 1.31 bits per heavy atom. The molecule has 6 rings (SSSR count). The van der Waals surface area contributed by atoms with Crippen LogP contribution >= 0.6 is 0 Å². The van der Waals surface area contributed by atoms with Gasteiger partial charge in [0.2, 0.25) is 0 Å². The molecule has 2 aliphatic rings. The Labute approximate surface area is 205 Å². The van der Waals surface area contributed by atoms with Crippen LogP contribution in [0.15, 0.2) is 68.7 Å². The minimum atomic E-state index is 0.708. The van der Waals surface area contributed by atoms with Gasteiger partial charge in [0.15, 0.2) is 0 Å². The van der Waals surface area contributed by atoms with Crippen molar-refractivity contribution in [3.63, 3.8) is 0 Å². The van der Waals surface area contributed by atoms with Gasteiger partial charge in [0.25, 0.3) is 0 Å². The van der Waals surface area contributed by atoms with Crippen molar-refractivity contribution >= 4 is 47.5 Å². The van der Waals surface area contributed by atoms with Gasteiger partial charge in [-0.25, -0.2) is 0 Å². The monoisotopic (exact) mass is 469 g/mol. The van der Waals surface area contributed by atoms with Crippen LogP contribution in [0, 0.1) is 0 Å². The molecule has 0 unspecified atom stereocenters. The lowest BCUT2D eigenvalue weighted by Crippen LogP contribution is -1.91. The molecule has 0 atom stereocenters. The lowest BCUT2D eigenvalue weighted by molar-refractivity contribution is 0.945. The summed E-state index contributed by atoms with van der Waals surface area (Å²) in [6.07, 6.45) is 20.0. The second kappa shape index (κ2) is 8.80. The molecule has 0 spiro atoms. The highest BCUT2D eigenvalue weighted by molar-refractivity contribution is 5.82. The number of nitrogens with zero attached hydrogens (tertiary/aromatic N) is 9. The normalized spacial score (nSPS) is 11.9. The molecule has 0 fully saturated rings. The van der Waals surface area contributed by atoms with E-state index in [2.05, 4.69) is 48.7 Å². The van der Waals surface area contributed by atoms with Crippen molar-refractivity contribution in [2.24, 2.45) is 0 Å². The zero-order chi connectivity index (χ0) is 24.5. The first kappa shape index (κ1) is 21.2. The van der Waals surface area contributed by atoms with Crippen LogP contribution < -0.4 is 0 Å². The minimum Gasteiger partial charge on any atom is -0.297 e. The van der Waals surface area contributed by atoms with Gasteiger partial charge in [0.1, 0.15) is 18.3 Å². The third kappa shape index (κ3) is 3.64. The minimum absolute atomic E-state index is 0.708. The first-order chi connectivity index (χ1) is 17.7. The van der Waals surface area contributed by atoms with Crippen LogP contribution in [0.3, 0.4) is 0 Å². The molecule has 0 saturated heterocycles. The summed E-state index contributed by atoms with van der Waals surface area (Å²) in [5.74, 6) is 0. The largest absolute Gasteiger partial charge is 0.297 e. The molecule has 0 radical (unpaired) electrons. The molecule has 0 amide bonds. The molecule has 0 saturated carbocycles. The molecular weight excluding hydrogens is 450 g/mol. The van der Waals surface area contributed by atoms with Crippen molar-refractivity contribution < 1.29 is 0 Å². The highest BCUT2D eigenvalue weighted by Crippen LogP contribution is 2.26. The Balaban J connectivity index is 1.34. The van der Waals surface area contributed by atoms with E-state index in [0.29, 0.717) is 5.69 Å². The number of fused-ring (bicyclic) bond motifs is 3. The Morgan fingerprint density at radius 3 is 1.94 bits per heavy atom. The Hall–Kier alpha value is -5.31. The van der Waals surface area contributed by atoms with E-state index >= 15 is 0 Å². The number of aromatic nitrogens is 9. The third-order valence-corrected chi connectivity index (χ3v) is 5.95. The lowest BCUT2D eigenvalue weighted by Gasteiger charge is -1.97. The summed E-state index contributed by atoms with van der Waals surface area (Å²) in [5.41, 5.74) is 8.87. The van der Waals surface area contributed by atoms with Crippen molar-refractivity contribution in [1.82, 2.24) is 44.4 Å². The van der Waals surface area contributed by atoms with Crippen LogP contribution in [0.25, 0.3) is 58.7 Å². The molecule has 4 aromatic heterocycles. The molecule has 0 aromatic carbocycles. The maximum absolute atomic E-state index is 4.59. The number of hydrogen-bond donors (Lipinski definition) is 0. The molecule has 0 bridgehead atoms. The van der Waals surface area contributed by atoms with Crippen LogP contribution in [0.2, 0.25) is 0 Å². The predicted molar refractivity (Wildman–Crippen MR) is 140 cm³/mol. The summed E-state index contributed by atoms with van der Waals surface area (Å²) in [6, 6.07) is 7.95. The molecular formula is C27H19N9. The van der Waals surface area contributed by atoms with Crippen LogP contribution in [-0.2, 0) is 0 Å². The maximum Gasteiger partial charge on any atom is 0.123 e. The molecule has 172 valence electrons. The van der Waals surface area contributed by atoms with Gasteiger partial charge in [-0.3, -0.25) is 13.8 Å². The summed E-state index contributed by atoms with van der Waals surface area (Å²) < 4.78 is 3.92. The standard InChI is InChI=1S/C27H19N9/c1-3-18-11-21-13-29-31-16-35(21)26(18)9-6-20-5-7-23-24(33-34-25(23)15-28-20)8-10-27-19(4-2)12-22-14-30-32-17-36(22)27/h3-17H,1-2H2/b9-6+,10-8+. The summed E-state index contributed by atoms with van der Waals surface area (Å²) in [5, 5.41) is 24.5. The summed E-state index contributed by atoms with van der Waals surface area (Å²) in [7, 11) is 0. The fourth-order valence-corrected chi connectivity index (χ4v) is 4.15. The van der Waals surface area contributed by atoms with Crippen molar-refractivity contribution in [2.45, 2.75) is 0 Å². The van der Waals surface area contributed by atoms with Gasteiger partial charge in [-0.2, -0.15) is 10.2 Å². The van der Waals surface area contributed by atoms with Gasteiger partial charge in [-0.05, 0) is 48.6 Å². The molecule has 2 aliphatic heterocycles. The van der Waals surface area contributed by atoms with Gasteiger partial charge in [-0.15, -0.1) is 20.4 Å². The van der Waals surface area contributed by atoms with Crippen LogP contribution in [0.1, 0.15) is 33.9 Å².